The van der Waals surface area contributed by atoms with Crippen molar-refractivity contribution < 1.29 is 33.8 Å². The normalized spacial score (nSPS) is 30.8. The van der Waals surface area contributed by atoms with Crippen LogP contribution < -0.4 is 9.80 Å². The van der Waals surface area contributed by atoms with Crippen molar-refractivity contribution in [3.8, 4) is 0 Å². The zero-order valence-electron chi connectivity index (χ0n) is 28.9. The van der Waals surface area contributed by atoms with Gasteiger partial charge < -0.3 is 34.2 Å². The lowest BCUT2D eigenvalue weighted by atomic mass is 9.74. The van der Waals surface area contributed by atoms with Crippen LogP contribution >= 0.6 is 15.9 Å². The molecule has 266 valence electrons. The van der Waals surface area contributed by atoms with Gasteiger partial charge in [-0.25, -0.2) is 0 Å². The molecule has 12 heteroatoms. The summed E-state index contributed by atoms with van der Waals surface area (Å²) in [5, 5.41) is 10.1. The number of allylic oxidation sites excluding steroid dienone is 1. The van der Waals surface area contributed by atoms with Crippen LogP contribution in [0.2, 0.25) is 0 Å². The van der Waals surface area contributed by atoms with Crippen LogP contribution in [0.1, 0.15) is 45.3 Å². The minimum absolute atomic E-state index is 0.115. The van der Waals surface area contributed by atoms with Crippen molar-refractivity contribution in [3.05, 3.63) is 82.9 Å². The summed E-state index contributed by atoms with van der Waals surface area (Å²) in [5.41, 5.74) is 0.857. The highest BCUT2D eigenvalue weighted by Crippen LogP contribution is 2.59. The standard InChI is InChI=1S/C38H45BrN4O7/c1-5-41(6-2)26-16-18-27(19-17-26)42-20-12-8-11-15-29(45)40(4)24(3)32(25-13-9-7-10-14-25)49-37(48)30-31-35(46)43(21-22-44)34(36(42)47)38(31)23-28(39)33(30)50-38/h7-10,12-14,16-19,23-24,30-34,44H,5-6,11,15,20-22H2,1-4H3/b12-8-/t24-,30+,31-,32+,33+,34+,38-/m0/s1. The number of carbonyl (C=O) groups is 4. The summed E-state index contributed by atoms with van der Waals surface area (Å²) in [6.45, 7) is 7.32. The number of nitrogens with zero attached hydrogens (tertiary/aromatic N) is 4. The van der Waals surface area contributed by atoms with Crippen molar-refractivity contribution in [2.75, 3.05) is 49.6 Å². The topological polar surface area (TPSA) is 120 Å². The van der Waals surface area contributed by atoms with E-state index in [1.54, 1.807) is 22.9 Å². The Morgan fingerprint density at radius 2 is 1.66 bits per heavy atom. The Bertz CT molecular complexity index is 1660. The number of halogens is 1. The highest BCUT2D eigenvalue weighted by molar-refractivity contribution is 9.11. The molecule has 1 N–H and O–H groups in total. The second kappa shape index (κ2) is 14.7. The summed E-state index contributed by atoms with van der Waals surface area (Å²) in [6, 6.07) is 15.2. The molecule has 4 aliphatic rings. The molecule has 11 nitrogen and oxygen atoms in total. The molecule has 2 aromatic carbocycles. The molecule has 3 amide bonds. The van der Waals surface area contributed by atoms with E-state index in [9.17, 15) is 24.3 Å². The van der Waals surface area contributed by atoms with Gasteiger partial charge in [0.15, 0.2) is 0 Å². The second-order valence-corrected chi connectivity index (χ2v) is 14.2. The van der Waals surface area contributed by atoms with Gasteiger partial charge in [-0.2, -0.15) is 0 Å². The van der Waals surface area contributed by atoms with E-state index in [4.69, 9.17) is 9.47 Å². The van der Waals surface area contributed by atoms with Crippen molar-refractivity contribution in [3.63, 3.8) is 0 Å². The SMILES string of the molecule is CCN(CC)c1ccc(N2C/C=C\CCC(=O)N(C)[C@@H](C)[C@H](c3ccccc3)OC(=O)[C@H]3[C@@H]4O[C@@]5(C=C4Br)[C@@H]3C(=O)N(CCO)[C@@H]5C2=O)cc1. The maximum absolute atomic E-state index is 15.0. The third-order valence-corrected chi connectivity index (χ3v) is 11.3. The third-order valence-electron chi connectivity index (χ3n) is 10.6. The second-order valence-electron chi connectivity index (χ2n) is 13.2. The van der Waals surface area contributed by atoms with E-state index in [2.05, 4.69) is 34.7 Å². The summed E-state index contributed by atoms with van der Waals surface area (Å²) >= 11 is 3.60. The van der Waals surface area contributed by atoms with Gasteiger partial charge in [0.05, 0.1) is 18.6 Å². The Morgan fingerprint density at radius 1 is 0.960 bits per heavy atom. The number of amides is 3. The van der Waals surface area contributed by atoms with Crippen LogP contribution in [-0.2, 0) is 28.7 Å². The van der Waals surface area contributed by atoms with Crippen LogP contribution in [0.4, 0.5) is 11.4 Å². The average molecular weight is 750 g/mol. The highest BCUT2D eigenvalue weighted by Gasteiger charge is 2.75. The summed E-state index contributed by atoms with van der Waals surface area (Å²) in [4.78, 5) is 63.9. The first-order chi connectivity index (χ1) is 24.1. The number of aliphatic hydroxyl groups is 1. The maximum atomic E-state index is 15.0. The number of benzene rings is 2. The van der Waals surface area contributed by atoms with Crippen LogP contribution in [0.3, 0.4) is 0 Å². The number of likely N-dealkylation sites (tertiary alicyclic amines) is 1. The first kappa shape index (κ1) is 35.8. The monoisotopic (exact) mass is 748 g/mol. The largest absolute Gasteiger partial charge is 0.455 e. The summed E-state index contributed by atoms with van der Waals surface area (Å²) in [5.74, 6) is -3.78. The Morgan fingerprint density at radius 3 is 2.32 bits per heavy atom. The number of likely N-dealkylation sites (N-methyl/N-ethyl adjacent to an activating group) is 1. The lowest BCUT2D eigenvalue weighted by molar-refractivity contribution is -0.164. The summed E-state index contributed by atoms with van der Waals surface area (Å²) < 4.78 is 13.4. The molecule has 6 rings (SSSR count). The molecular formula is C38H45BrN4O7. The van der Waals surface area contributed by atoms with Crippen LogP contribution in [0.15, 0.2) is 77.3 Å². The minimum atomic E-state index is -1.48. The number of cyclic esters (lactones) is 1. The molecule has 4 aliphatic heterocycles. The molecular weight excluding hydrogens is 704 g/mol. The van der Waals surface area contributed by atoms with Gasteiger partial charge in [0.2, 0.25) is 11.8 Å². The fourth-order valence-corrected chi connectivity index (χ4v) is 8.65. The van der Waals surface area contributed by atoms with Gasteiger partial charge in [0, 0.05) is 55.5 Å². The molecule has 4 heterocycles. The number of anilines is 2. The quantitative estimate of drug-likeness (QED) is 0.331. The molecule has 2 saturated heterocycles. The Hall–Kier alpha value is -4.00. The van der Waals surface area contributed by atoms with E-state index >= 15 is 0 Å². The summed E-state index contributed by atoms with van der Waals surface area (Å²) in [6.07, 6.45) is 4.45. The van der Waals surface area contributed by atoms with Gasteiger partial charge in [-0.05, 0) is 63.1 Å². The molecule has 0 aliphatic carbocycles. The van der Waals surface area contributed by atoms with Crippen molar-refractivity contribution in [1.29, 1.82) is 0 Å². The van der Waals surface area contributed by atoms with Gasteiger partial charge in [-0.1, -0.05) is 58.4 Å². The zero-order chi connectivity index (χ0) is 35.7. The van der Waals surface area contributed by atoms with E-state index in [0.717, 1.165) is 18.8 Å². The van der Waals surface area contributed by atoms with Crippen molar-refractivity contribution in [2.45, 2.75) is 63.5 Å². The Kier molecular flexibility index (Phi) is 10.5. The molecule has 0 radical (unpaired) electrons. The number of β-amino-alcohol motifs (C(OH)–C–C–N with tert-alkyl or cyclic N) is 1. The van der Waals surface area contributed by atoms with Crippen LogP contribution in [0, 0.1) is 11.8 Å². The highest BCUT2D eigenvalue weighted by atomic mass is 79.9. The number of rotatable bonds is 7. The lowest BCUT2D eigenvalue weighted by Crippen LogP contribution is -2.56. The van der Waals surface area contributed by atoms with Gasteiger partial charge in [-0.3, -0.25) is 19.2 Å². The molecule has 2 aromatic rings. The van der Waals surface area contributed by atoms with E-state index in [-0.39, 0.29) is 32.0 Å². The predicted molar refractivity (Wildman–Crippen MR) is 192 cm³/mol. The number of fused-ring (bicyclic) bond motifs is 2. The van der Waals surface area contributed by atoms with Crippen molar-refractivity contribution in [2.24, 2.45) is 11.8 Å². The molecule has 2 fully saturated rings. The first-order valence-electron chi connectivity index (χ1n) is 17.4. The van der Waals surface area contributed by atoms with Crippen molar-refractivity contribution >= 4 is 51.0 Å². The molecule has 1 spiro atoms. The van der Waals surface area contributed by atoms with E-state index in [1.807, 2.05) is 73.7 Å². The smallest absolute Gasteiger partial charge is 0.313 e. The molecule has 0 saturated carbocycles. The molecule has 5 bridgehead atoms. The fourth-order valence-electron chi connectivity index (χ4n) is 7.92. The first-order valence-corrected chi connectivity index (χ1v) is 18.2. The molecule has 50 heavy (non-hydrogen) atoms. The van der Waals surface area contributed by atoms with Crippen molar-refractivity contribution in [1.82, 2.24) is 9.80 Å². The van der Waals surface area contributed by atoms with Crippen LogP contribution in [-0.4, -0.2) is 102 Å². The molecule has 0 unspecified atom stereocenters. The third kappa shape index (κ3) is 6.15. The van der Waals surface area contributed by atoms with E-state index in [1.165, 1.54) is 4.90 Å². The molecule has 7 atom stereocenters. The van der Waals surface area contributed by atoms with E-state index < -0.39 is 59.5 Å². The van der Waals surface area contributed by atoms with E-state index in [0.29, 0.717) is 22.2 Å². The van der Waals surface area contributed by atoms with Gasteiger partial charge >= 0.3 is 5.97 Å². The van der Waals surface area contributed by atoms with Gasteiger partial charge in [-0.15, -0.1) is 0 Å². The number of hydrogen-bond acceptors (Lipinski definition) is 8. The number of ether oxygens (including phenoxy) is 2. The Labute approximate surface area is 301 Å². The average Bonchev–Trinajstić information content (AvgIpc) is 3.72. The predicted octanol–water partition coefficient (Wildman–Crippen LogP) is 4.21. The number of carbonyl (C=O) groups excluding carboxylic acids is 4. The number of hydrogen-bond donors (Lipinski definition) is 1. The van der Waals surface area contributed by atoms with Gasteiger partial charge in [0.1, 0.15) is 29.8 Å². The number of aliphatic hydroxyl groups excluding tert-OH is 1. The number of esters is 1. The zero-order valence-corrected chi connectivity index (χ0v) is 30.5. The van der Waals surface area contributed by atoms with Crippen LogP contribution in [0.5, 0.6) is 0 Å². The summed E-state index contributed by atoms with van der Waals surface area (Å²) in [7, 11) is 1.70. The van der Waals surface area contributed by atoms with Crippen LogP contribution in [0.25, 0.3) is 0 Å². The maximum Gasteiger partial charge on any atom is 0.313 e. The minimum Gasteiger partial charge on any atom is -0.455 e. The lowest BCUT2D eigenvalue weighted by Gasteiger charge is -2.35. The Balaban J connectivity index is 1.45. The molecule has 0 aromatic heterocycles. The van der Waals surface area contributed by atoms with Gasteiger partial charge in [0.25, 0.3) is 5.91 Å². The fraction of sp³-hybridized carbons (Fsp3) is 0.474.